The fourth-order valence-electron chi connectivity index (χ4n) is 3.76. The third kappa shape index (κ3) is 10.1. The van der Waals surface area contributed by atoms with Crippen molar-refractivity contribution in [3.05, 3.63) is 64.7 Å². The Balaban J connectivity index is 0.00000512. The molecule has 180 valence electrons. The zero-order valence-corrected chi connectivity index (χ0v) is 22.0. The van der Waals surface area contributed by atoms with E-state index >= 15 is 0 Å². The number of hydrogen-bond donors (Lipinski definition) is 0. The molecule has 2 aromatic carbocycles. The van der Waals surface area contributed by atoms with Crippen molar-refractivity contribution < 1.29 is 26.4 Å². The average Bonchev–Trinajstić information content (AvgIpc) is 2.73. The van der Waals surface area contributed by atoms with Crippen LogP contribution in [0.5, 0.6) is 5.75 Å². The van der Waals surface area contributed by atoms with E-state index in [1.54, 1.807) is 0 Å². The molecule has 0 aliphatic rings. The molecule has 0 saturated carbocycles. The summed E-state index contributed by atoms with van der Waals surface area (Å²) in [7, 11) is 4.36. The third-order valence-corrected chi connectivity index (χ3v) is 6.19. The minimum atomic E-state index is -0.316. The predicted molar refractivity (Wildman–Crippen MR) is 131 cm³/mol. The number of hydrogen-bond acceptors (Lipinski definition) is 2. The first-order valence-electron chi connectivity index (χ1n) is 11.8. The molecule has 3 nitrogen and oxygen atoms in total. The summed E-state index contributed by atoms with van der Waals surface area (Å²) in [5.41, 5.74) is 2.51. The van der Waals surface area contributed by atoms with Gasteiger partial charge in [0.2, 0.25) is 6.29 Å². The SMILES string of the molecule is CCCCCCCCc1ccccc1OC(C)OC(C)[N+](C)(C)Cc1ccc(Cl)cc1.[Cl-]. The highest BCUT2D eigenvalue weighted by molar-refractivity contribution is 6.30. The first-order valence-corrected chi connectivity index (χ1v) is 12.2. The number of rotatable bonds is 14. The molecule has 2 rings (SSSR count). The van der Waals surface area contributed by atoms with Crippen LogP contribution in [-0.2, 0) is 17.7 Å². The van der Waals surface area contributed by atoms with Gasteiger partial charge in [0.25, 0.3) is 0 Å². The monoisotopic (exact) mass is 481 g/mol. The Morgan fingerprint density at radius 1 is 0.875 bits per heavy atom. The van der Waals surface area contributed by atoms with Crippen molar-refractivity contribution in [1.29, 1.82) is 0 Å². The van der Waals surface area contributed by atoms with Crippen LogP contribution in [0, 0.1) is 0 Å². The van der Waals surface area contributed by atoms with E-state index < -0.39 is 0 Å². The molecule has 0 aliphatic carbocycles. The second-order valence-corrected chi connectivity index (χ2v) is 9.55. The topological polar surface area (TPSA) is 18.5 Å². The largest absolute Gasteiger partial charge is 1.00 e. The number of aryl methyl sites for hydroxylation is 1. The van der Waals surface area contributed by atoms with Gasteiger partial charge in [-0.3, -0.25) is 9.22 Å². The molecule has 2 unspecified atom stereocenters. The van der Waals surface area contributed by atoms with E-state index in [0.29, 0.717) is 4.48 Å². The maximum atomic E-state index is 6.26. The van der Waals surface area contributed by atoms with Crippen LogP contribution < -0.4 is 17.1 Å². The van der Waals surface area contributed by atoms with Crippen LogP contribution in [0.1, 0.15) is 70.4 Å². The van der Waals surface area contributed by atoms with Gasteiger partial charge in [0.1, 0.15) is 12.3 Å². The fraction of sp³-hybridized carbons (Fsp3) is 0.556. The first-order chi connectivity index (χ1) is 14.8. The molecule has 0 saturated heterocycles. The maximum absolute atomic E-state index is 6.26. The van der Waals surface area contributed by atoms with Crippen molar-refractivity contribution in [3.8, 4) is 5.75 Å². The molecule has 2 aromatic rings. The molecule has 0 aliphatic heterocycles. The van der Waals surface area contributed by atoms with Gasteiger partial charge in [0.15, 0.2) is 6.23 Å². The molecular weight excluding hydrogens is 441 g/mol. The number of halogens is 2. The van der Waals surface area contributed by atoms with E-state index in [4.69, 9.17) is 21.1 Å². The van der Waals surface area contributed by atoms with Gasteiger partial charge in [-0.2, -0.15) is 0 Å². The molecule has 0 N–H and O–H groups in total. The third-order valence-electron chi connectivity index (χ3n) is 5.94. The van der Waals surface area contributed by atoms with Gasteiger partial charge in [-0.25, -0.2) is 0 Å². The Morgan fingerprint density at radius 3 is 2.19 bits per heavy atom. The van der Waals surface area contributed by atoms with Gasteiger partial charge in [-0.05, 0) is 43.5 Å². The molecule has 0 spiro atoms. The lowest BCUT2D eigenvalue weighted by molar-refractivity contribution is -0.949. The normalized spacial score (nSPS) is 13.3. The van der Waals surface area contributed by atoms with Crippen LogP contribution in [0.25, 0.3) is 0 Å². The van der Waals surface area contributed by atoms with Crippen LogP contribution in [0.4, 0.5) is 0 Å². The highest BCUT2D eigenvalue weighted by atomic mass is 35.5. The van der Waals surface area contributed by atoms with E-state index in [-0.39, 0.29) is 24.9 Å². The molecule has 32 heavy (non-hydrogen) atoms. The lowest BCUT2D eigenvalue weighted by atomic mass is 10.0. The van der Waals surface area contributed by atoms with Gasteiger partial charge >= 0.3 is 0 Å². The Hall–Kier alpha value is -1.26. The summed E-state index contributed by atoms with van der Waals surface area (Å²) in [6.07, 6.45) is 8.54. The number of unbranched alkanes of at least 4 members (excludes halogenated alkanes) is 5. The van der Waals surface area contributed by atoms with Crippen molar-refractivity contribution in [2.75, 3.05) is 14.1 Å². The number of ether oxygens (including phenoxy) is 2. The Morgan fingerprint density at radius 2 is 1.50 bits per heavy atom. The van der Waals surface area contributed by atoms with Gasteiger partial charge in [-0.15, -0.1) is 0 Å². The number of benzene rings is 2. The standard InChI is InChI=1S/C27H41ClNO2.ClH/c1-6-7-8-9-10-11-14-25-15-12-13-16-27(25)31-23(3)30-22(2)29(4,5)21-24-17-19-26(28)20-18-24;/h12-13,15-20,22-23H,6-11,14,21H2,1-5H3;1H/q+1;/p-1. The number of para-hydroxylation sites is 1. The summed E-state index contributed by atoms with van der Waals surface area (Å²) < 4.78 is 13.2. The smallest absolute Gasteiger partial charge is 0.202 e. The summed E-state index contributed by atoms with van der Waals surface area (Å²) in [4.78, 5) is 0. The molecule has 2 atom stereocenters. The lowest BCUT2D eigenvalue weighted by Gasteiger charge is -2.37. The van der Waals surface area contributed by atoms with Crippen LogP contribution in [0.15, 0.2) is 48.5 Å². The van der Waals surface area contributed by atoms with Crippen molar-refractivity contribution in [3.63, 3.8) is 0 Å². The Bertz CT molecular complexity index is 765. The summed E-state index contributed by atoms with van der Waals surface area (Å²) in [6.45, 7) is 7.22. The van der Waals surface area contributed by atoms with Crippen LogP contribution in [-0.4, -0.2) is 31.1 Å². The molecular formula is C27H41Cl2NO2. The van der Waals surface area contributed by atoms with Crippen LogP contribution in [0.3, 0.4) is 0 Å². The summed E-state index contributed by atoms with van der Waals surface area (Å²) >= 11 is 6.02. The van der Waals surface area contributed by atoms with E-state index in [2.05, 4.69) is 58.3 Å². The molecule has 0 aromatic heterocycles. The molecule has 0 fully saturated rings. The zero-order chi connectivity index (χ0) is 22.7. The molecule has 0 heterocycles. The van der Waals surface area contributed by atoms with Crippen molar-refractivity contribution in [2.24, 2.45) is 0 Å². The highest BCUT2D eigenvalue weighted by Gasteiger charge is 2.27. The minimum Gasteiger partial charge on any atom is -1.00 e. The van der Waals surface area contributed by atoms with E-state index in [1.165, 1.54) is 49.7 Å². The molecule has 0 bridgehead atoms. The van der Waals surface area contributed by atoms with Crippen molar-refractivity contribution >= 4 is 11.6 Å². The number of nitrogens with zero attached hydrogens (tertiary/aromatic N) is 1. The highest BCUT2D eigenvalue weighted by Crippen LogP contribution is 2.24. The van der Waals surface area contributed by atoms with E-state index in [9.17, 15) is 0 Å². The van der Waals surface area contributed by atoms with Gasteiger partial charge in [0, 0.05) is 17.5 Å². The zero-order valence-electron chi connectivity index (χ0n) is 20.4. The van der Waals surface area contributed by atoms with Gasteiger partial charge in [0.05, 0.1) is 14.1 Å². The van der Waals surface area contributed by atoms with Crippen molar-refractivity contribution in [1.82, 2.24) is 0 Å². The second-order valence-electron chi connectivity index (χ2n) is 9.11. The first kappa shape index (κ1) is 28.8. The fourth-order valence-corrected chi connectivity index (χ4v) is 3.88. The lowest BCUT2D eigenvalue weighted by Crippen LogP contribution is -3.00. The molecule has 5 heteroatoms. The summed E-state index contributed by atoms with van der Waals surface area (Å²) in [5.74, 6) is 0.943. The second kappa shape index (κ2) is 14.8. The maximum Gasteiger partial charge on any atom is 0.202 e. The Labute approximate surface area is 207 Å². The van der Waals surface area contributed by atoms with Crippen molar-refractivity contribution in [2.45, 2.75) is 84.8 Å². The summed E-state index contributed by atoms with van der Waals surface area (Å²) in [6, 6.07) is 16.4. The Kier molecular flexibility index (Phi) is 13.3. The average molecular weight is 483 g/mol. The van der Waals surface area contributed by atoms with Crippen LogP contribution >= 0.6 is 11.6 Å². The molecule has 0 amide bonds. The summed E-state index contributed by atoms with van der Waals surface area (Å²) in [5, 5.41) is 0.764. The van der Waals surface area contributed by atoms with Gasteiger partial charge in [-0.1, -0.05) is 81.0 Å². The van der Waals surface area contributed by atoms with E-state index in [1.807, 2.05) is 25.1 Å². The van der Waals surface area contributed by atoms with Gasteiger partial charge < -0.3 is 17.1 Å². The molecule has 0 radical (unpaired) electrons. The quantitative estimate of drug-likeness (QED) is 0.222. The predicted octanol–water partition coefficient (Wildman–Crippen LogP) is 4.61. The minimum absolute atomic E-state index is 0. The van der Waals surface area contributed by atoms with Crippen LogP contribution in [0.2, 0.25) is 5.02 Å². The number of quaternary nitrogens is 1. The van der Waals surface area contributed by atoms with E-state index in [0.717, 1.165) is 23.7 Å².